The van der Waals surface area contributed by atoms with Crippen molar-refractivity contribution in [2.45, 2.75) is 95.9 Å². The average molecular weight is 433 g/mol. The van der Waals surface area contributed by atoms with Crippen molar-refractivity contribution in [1.82, 2.24) is 0 Å². The maximum Gasteiger partial charge on any atom is 0.306 e. The van der Waals surface area contributed by atoms with Crippen molar-refractivity contribution in [3.05, 3.63) is 10.5 Å². The quantitative estimate of drug-likeness (QED) is 0.490. The van der Waals surface area contributed by atoms with Crippen LogP contribution in [0, 0.1) is 22.7 Å². The van der Waals surface area contributed by atoms with E-state index in [1.54, 1.807) is 0 Å². The van der Waals surface area contributed by atoms with E-state index < -0.39 is 10.8 Å². The summed E-state index contributed by atoms with van der Waals surface area (Å²) in [6, 6.07) is 0. The van der Waals surface area contributed by atoms with Gasteiger partial charge in [0.25, 0.3) is 0 Å². The number of ketones is 1. The second kappa shape index (κ2) is 5.86. The summed E-state index contributed by atoms with van der Waals surface area (Å²) < 4.78 is 26.1. The maximum absolute atomic E-state index is 13.3. The predicted octanol–water partition coefficient (Wildman–Crippen LogP) is 3.82. The first kappa shape index (κ1) is 19.7. The van der Waals surface area contributed by atoms with E-state index in [0.717, 1.165) is 43.4 Å². The summed E-state index contributed by atoms with van der Waals surface area (Å²) in [6.07, 6.45) is 7.02. The van der Waals surface area contributed by atoms with E-state index in [1.807, 2.05) is 6.92 Å². The van der Waals surface area contributed by atoms with Gasteiger partial charge in [0.2, 0.25) is 0 Å². The highest BCUT2D eigenvalue weighted by molar-refractivity contribution is 7.89. The third-order valence-electron chi connectivity index (χ3n) is 10.2. The maximum atomic E-state index is 13.3. The molecule has 6 heteroatoms. The van der Waals surface area contributed by atoms with Gasteiger partial charge in [0.1, 0.15) is 17.0 Å². The van der Waals surface area contributed by atoms with Crippen molar-refractivity contribution in [2.75, 3.05) is 5.75 Å². The molecule has 6 rings (SSSR count). The Kier molecular flexibility index (Phi) is 3.84. The lowest BCUT2D eigenvalue weighted by atomic mass is 9.47. The largest absolute Gasteiger partial charge is 0.458 e. The molecule has 0 bridgehead atoms. The number of carbonyl (C=O) groups excluding carboxylic acids is 2. The molecule has 5 unspecified atom stereocenters. The molecule has 0 radical (unpaired) electrons. The van der Waals surface area contributed by atoms with Crippen molar-refractivity contribution < 1.29 is 23.3 Å². The number of Topliss-reactive ketones (excluding diaryl/α,β-unsaturated/α-hetero) is 1. The SMILES string of the molecule is CCS(=O)C1=C2C3CC[C@@]4(CCC(=O)O4)C3(C)C[C@H]3O[C@@]23C2(C)CCC(=O)CC2C1. The Balaban J connectivity index is 1.53. The molecule has 0 aromatic heterocycles. The first-order valence-corrected chi connectivity index (χ1v) is 13.1. The Hall–Kier alpha value is -1.01. The van der Waals surface area contributed by atoms with Crippen LogP contribution in [0.1, 0.15) is 78.6 Å². The average Bonchev–Trinajstić information content (AvgIpc) is 3.20. The molecule has 0 N–H and O–H groups in total. The van der Waals surface area contributed by atoms with E-state index in [0.29, 0.717) is 30.8 Å². The molecule has 2 spiro atoms. The predicted molar refractivity (Wildman–Crippen MR) is 112 cm³/mol. The summed E-state index contributed by atoms with van der Waals surface area (Å²) in [5, 5.41) is 0. The number of hydrogen-bond acceptors (Lipinski definition) is 5. The molecular weight excluding hydrogens is 400 g/mol. The highest BCUT2D eigenvalue weighted by atomic mass is 32.2. The second-order valence-electron chi connectivity index (χ2n) is 11.1. The third kappa shape index (κ3) is 2.06. The number of allylic oxidation sites excluding steroid dienone is 1. The minimum Gasteiger partial charge on any atom is -0.458 e. The Morgan fingerprint density at radius 2 is 1.87 bits per heavy atom. The molecule has 3 saturated carbocycles. The van der Waals surface area contributed by atoms with Crippen molar-refractivity contribution in [3.63, 3.8) is 0 Å². The van der Waals surface area contributed by atoms with Crippen molar-refractivity contribution >= 4 is 22.6 Å². The van der Waals surface area contributed by atoms with Gasteiger partial charge in [-0.15, -0.1) is 0 Å². The van der Waals surface area contributed by atoms with Crippen LogP contribution in [0.3, 0.4) is 0 Å². The van der Waals surface area contributed by atoms with Gasteiger partial charge in [-0.05, 0) is 55.9 Å². The van der Waals surface area contributed by atoms with Crippen LogP contribution in [0.5, 0.6) is 0 Å². The fourth-order valence-electron chi connectivity index (χ4n) is 8.48. The number of carbonyl (C=O) groups is 2. The van der Waals surface area contributed by atoms with Crippen molar-refractivity contribution in [1.29, 1.82) is 0 Å². The first-order valence-electron chi connectivity index (χ1n) is 11.7. The molecule has 5 fully saturated rings. The zero-order chi connectivity index (χ0) is 21.1. The Morgan fingerprint density at radius 3 is 2.57 bits per heavy atom. The van der Waals surface area contributed by atoms with Gasteiger partial charge < -0.3 is 9.47 Å². The van der Waals surface area contributed by atoms with Crippen LogP contribution < -0.4 is 0 Å². The van der Waals surface area contributed by atoms with Gasteiger partial charge in [0.05, 0.1) is 6.10 Å². The van der Waals surface area contributed by atoms with E-state index >= 15 is 0 Å². The van der Waals surface area contributed by atoms with E-state index in [-0.39, 0.29) is 45.9 Å². The molecule has 4 aliphatic carbocycles. The van der Waals surface area contributed by atoms with Crippen molar-refractivity contribution in [3.8, 4) is 0 Å². The van der Waals surface area contributed by atoms with Gasteiger partial charge >= 0.3 is 5.97 Å². The molecule has 0 amide bonds. The molecule has 30 heavy (non-hydrogen) atoms. The van der Waals surface area contributed by atoms with Crippen LogP contribution in [0.2, 0.25) is 0 Å². The minimum atomic E-state index is -1.04. The number of rotatable bonds is 2. The van der Waals surface area contributed by atoms with Crippen LogP contribution in [0.4, 0.5) is 0 Å². The summed E-state index contributed by atoms with van der Waals surface area (Å²) >= 11 is 0. The summed E-state index contributed by atoms with van der Waals surface area (Å²) in [7, 11) is -1.04. The molecule has 0 aromatic carbocycles. The Morgan fingerprint density at radius 1 is 1.07 bits per heavy atom. The smallest absolute Gasteiger partial charge is 0.306 e. The summed E-state index contributed by atoms with van der Waals surface area (Å²) in [4.78, 5) is 25.5. The van der Waals surface area contributed by atoms with Crippen LogP contribution >= 0.6 is 0 Å². The number of epoxide rings is 1. The molecular formula is C24H32O5S. The number of hydrogen-bond donors (Lipinski definition) is 0. The molecule has 5 nitrogen and oxygen atoms in total. The monoisotopic (exact) mass is 432 g/mol. The third-order valence-corrected chi connectivity index (χ3v) is 11.6. The second-order valence-corrected chi connectivity index (χ2v) is 12.8. The zero-order valence-electron chi connectivity index (χ0n) is 18.3. The molecule has 6 aliphatic rings. The van der Waals surface area contributed by atoms with Gasteiger partial charge in [-0.1, -0.05) is 20.8 Å². The van der Waals surface area contributed by atoms with E-state index in [1.165, 1.54) is 5.57 Å². The lowest BCUT2D eigenvalue weighted by Crippen LogP contribution is -2.58. The molecule has 0 aromatic rings. The minimum absolute atomic E-state index is 0.0637. The lowest BCUT2D eigenvalue weighted by Gasteiger charge is -2.56. The standard InChI is InChI=1S/C24H32O5S/c1-4-30(27)17-12-14-11-15(25)5-8-21(14,2)24-18(28-24)13-22(3)16(20(17)24)6-9-23(22)10-7-19(26)29-23/h14,16,18H,4-13H2,1-3H3/t14?,16?,18-,21?,22?,23-,24-,30?/m1/s1. The van der Waals surface area contributed by atoms with Gasteiger partial charge in [0, 0.05) is 51.6 Å². The summed E-state index contributed by atoms with van der Waals surface area (Å²) in [5.74, 6) is 1.35. The fourth-order valence-corrected chi connectivity index (χ4v) is 9.75. The highest BCUT2D eigenvalue weighted by Gasteiger charge is 2.81. The molecule has 8 atom stereocenters. The number of ether oxygens (including phenoxy) is 2. The van der Waals surface area contributed by atoms with Crippen LogP contribution in [-0.2, 0) is 29.9 Å². The Bertz CT molecular complexity index is 925. The topological polar surface area (TPSA) is 73.0 Å². The van der Waals surface area contributed by atoms with Gasteiger partial charge in [-0.25, -0.2) is 0 Å². The van der Waals surface area contributed by atoms with E-state index in [4.69, 9.17) is 9.47 Å². The van der Waals surface area contributed by atoms with Crippen LogP contribution in [0.15, 0.2) is 10.5 Å². The van der Waals surface area contributed by atoms with Gasteiger partial charge in [-0.2, -0.15) is 0 Å². The van der Waals surface area contributed by atoms with Gasteiger partial charge in [-0.3, -0.25) is 13.8 Å². The Labute approximate surface area is 180 Å². The summed E-state index contributed by atoms with van der Waals surface area (Å²) in [6.45, 7) is 6.62. The molecule has 2 saturated heterocycles. The summed E-state index contributed by atoms with van der Waals surface area (Å²) in [5.41, 5.74) is 0.338. The van der Waals surface area contributed by atoms with Gasteiger partial charge in [0.15, 0.2) is 0 Å². The highest BCUT2D eigenvalue weighted by Crippen LogP contribution is 2.77. The van der Waals surface area contributed by atoms with Crippen molar-refractivity contribution in [2.24, 2.45) is 22.7 Å². The van der Waals surface area contributed by atoms with Crippen LogP contribution in [-0.4, -0.2) is 39.0 Å². The molecule has 2 heterocycles. The van der Waals surface area contributed by atoms with Crippen LogP contribution in [0.25, 0.3) is 0 Å². The number of esters is 1. The fraction of sp³-hybridized carbons (Fsp3) is 0.833. The normalized spacial score (nSPS) is 52.4. The first-order chi connectivity index (χ1) is 14.2. The number of fused-ring (bicyclic) bond motifs is 4. The van der Waals surface area contributed by atoms with E-state index in [9.17, 15) is 13.8 Å². The lowest BCUT2D eigenvalue weighted by molar-refractivity contribution is -0.160. The zero-order valence-corrected chi connectivity index (χ0v) is 19.1. The van der Waals surface area contributed by atoms with E-state index in [2.05, 4.69) is 13.8 Å². The molecule has 164 valence electrons. The molecule has 2 aliphatic heterocycles.